The van der Waals surface area contributed by atoms with Gasteiger partial charge in [-0.1, -0.05) is 12.1 Å². The molecule has 0 aromatic heterocycles. The first-order valence-electron chi connectivity index (χ1n) is 4.74. The lowest BCUT2D eigenvalue weighted by molar-refractivity contribution is 0.414. The fourth-order valence-corrected chi connectivity index (χ4v) is 1.64. The number of methoxy groups -OCH3 is 1. The van der Waals surface area contributed by atoms with Gasteiger partial charge in [-0.25, -0.2) is 4.99 Å². The summed E-state index contributed by atoms with van der Waals surface area (Å²) in [7, 11) is 1.63. The van der Waals surface area contributed by atoms with E-state index in [1.165, 1.54) is 0 Å². The molecule has 0 aliphatic carbocycles. The van der Waals surface area contributed by atoms with Gasteiger partial charge < -0.3 is 21.1 Å². The van der Waals surface area contributed by atoms with E-state index in [1.807, 2.05) is 24.3 Å². The van der Waals surface area contributed by atoms with E-state index in [2.05, 4.69) is 15.6 Å². The second kappa shape index (κ2) is 4.36. The minimum atomic E-state index is -0.236. The molecule has 0 radical (unpaired) electrons. The van der Waals surface area contributed by atoms with Crippen molar-refractivity contribution in [2.45, 2.75) is 6.17 Å². The van der Waals surface area contributed by atoms with Gasteiger partial charge >= 0.3 is 0 Å². The normalized spacial score (nSPS) is 19.4. The van der Waals surface area contributed by atoms with Crippen LogP contribution in [0.15, 0.2) is 29.3 Å². The fraction of sp³-hybridized carbons (Fsp3) is 0.200. The van der Waals surface area contributed by atoms with E-state index in [4.69, 9.17) is 22.7 Å². The van der Waals surface area contributed by atoms with Gasteiger partial charge in [-0.3, -0.25) is 0 Å². The summed E-state index contributed by atoms with van der Waals surface area (Å²) in [5, 5.41) is 6.22. The highest BCUT2D eigenvalue weighted by Gasteiger charge is 2.16. The molecule has 1 aromatic rings. The highest BCUT2D eigenvalue weighted by molar-refractivity contribution is 7.80. The standard InChI is InChI=1S/C10H12N4OS/c1-15-7-4-2-6(3-5-7)8-12-9(11)14-10(16)13-8/h2-5,8H,1H3,(H4,11,12,13,14,16). The first kappa shape index (κ1) is 10.7. The first-order chi connectivity index (χ1) is 7.69. The third-order valence-electron chi connectivity index (χ3n) is 2.21. The lowest BCUT2D eigenvalue weighted by Gasteiger charge is -2.23. The maximum atomic E-state index is 5.60. The average Bonchev–Trinajstić information content (AvgIpc) is 2.28. The van der Waals surface area contributed by atoms with Crippen molar-refractivity contribution < 1.29 is 4.74 Å². The van der Waals surface area contributed by atoms with Crippen molar-refractivity contribution in [1.82, 2.24) is 10.6 Å². The highest BCUT2D eigenvalue weighted by atomic mass is 32.1. The van der Waals surface area contributed by atoms with Crippen molar-refractivity contribution in [2.75, 3.05) is 7.11 Å². The van der Waals surface area contributed by atoms with Gasteiger partial charge in [-0.05, 0) is 29.9 Å². The summed E-state index contributed by atoms with van der Waals surface area (Å²) >= 11 is 5.00. The van der Waals surface area contributed by atoms with E-state index in [-0.39, 0.29) is 6.17 Å². The molecule has 1 heterocycles. The van der Waals surface area contributed by atoms with E-state index in [1.54, 1.807) is 7.11 Å². The Morgan fingerprint density at radius 3 is 2.62 bits per heavy atom. The minimum absolute atomic E-state index is 0.236. The molecule has 2 rings (SSSR count). The molecule has 4 N–H and O–H groups in total. The molecule has 16 heavy (non-hydrogen) atoms. The van der Waals surface area contributed by atoms with Crippen molar-refractivity contribution in [3.63, 3.8) is 0 Å². The number of guanidine groups is 1. The van der Waals surface area contributed by atoms with Crippen LogP contribution in [0.25, 0.3) is 0 Å². The highest BCUT2D eigenvalue weighted by Crippen LogP contribution is 2.19. The zero-order valence-corrected chi connectivity index (χ0v) is 9.54. The molecule has 1 aliphatic rings. The number of hydrogen-bond donors (Lipinski definition) is 3. The third-order valence-corrected chi connectivity index (χ3v) is 2.43. The number of benzene rings is 1. The van der Waals surface area contributed by atoms with Crippen molar-refractivity contribution in [2.24, 2.45) is 10.7 Å². The molecule has 0 fully saturated rings. The number of nitrogens with one attached hydrogen (secondary N) is 2. The molecule has 0 amide bonds. The molecule has 1 aliphatic heterocycles. The lowest BCUT2D eigenvalue weighted by atomic mass is 10.1. The zero-order chi connectivity index (χ0) is 11.5. The number of nitrogens with zero attached hydrogens (tertiary/aromatic N) is 1. The van der Waals surface area contributed by atoms with Gasteiger partial charge in [0.25, 0.3) is 0 Å². The van der Waals surface area contributed by atoms with Gasteiger partial charge in [-0.15, -0.1) is 0 Å². The van der Waals surface area contributed by atoms with Gasteiger partial charge in [0.05, 0.1) is 7.11 Å². The number of hydrogen-bond acceptors (Lipinski definition) is 4. The molecule has 0 spiro atoms. The van der Waals surface area contributed by atoms with Gasteiger partial charge in [0.2, 0.25) is 0 Å². The first-order valence-corrected chi connectivity index (χ1v) is 5.14. The summed E-state index contributed by atoms with van der Waals surface area (Å²) in [5.74, 6) is 1.13. The van der Waals surface area contributed by atoms with Crippen LogP contribution in [0.4, 0.5) is 0 Å². The monoisotopic (exact) mass is 236 g/mol. The maximum absolute atomic E-state index is 5.60. The summed E-state index contributed by atoms with van der Waals surface area (Å²) in [6.45, 7) is 0. The Morgan fingerprint density at radius 2 is 2.06 bits per heavy atom. The van der Waals surface area contributed by atoms with Crippen LogP contribution in [0.1, 0.15) is 11.7 Å². The third kappa shape index (κ3) is 2.22. The molecule has 0 bridgehead atoms. The Morgan fingerprint density at radius 1 is 1.38 bits per heavy atom. The van der Waals surface area contributed by atoms with E-state index in [0.29, 0.717) is 11.1 Å². The molecule has 0 saturated carbocycles. The molecule has 5 nitrogen and oxygen atoms in total. The van der Waals surface area contributed by atoms with Crippen molar-refractivity contribution >= 4 is 23.3 Å². The van der Waals surface area contributed by atoms with Crippen molar-refractivity contribution in [3.8, 4) is 5.75 Å². The molecule has 6 heteroatoms. The number of nitrogens with two attached hydrogens (primary N) is 1. The second-order valence-corrected chi connectivity index (χ2v) is 3.70. The van der Waals surface area contributed by atoms with E-state index in [0.717, 1.165) is 11.3 Å². The zero-order valence-electron chi connectivity index (χ0n) is 8.73. The van der Waals surface area contributed by atoms with Gasteiger partial charge in [-0.2, -0.15) is 0 Å². The molecule has 1 unspecified atom stereocenters. The summed E-state index contributed by atoms with van der Waals surface area (Å²) in [5.41, 5.74) is 6.57. The number of rotatable bonds is 2. The molecule has 0 saturated heterocycles. The van der Waals surface area contributed by atoms with Crippen LogP contribution in [-0.2, 0) is 0 Å². The van der Waals surface area contributed by atoms with Crippen LogP contribution in [0, 0.1) is 0 Å². The van der Waals surface area contributed by atoms with Crippen LogP contribution in [-0.4, -0.2) is 18.2 Å². The predicted octanol–water partition coefficient (Wildman–Crippen LogP) is 0.486. The van der Waals surface area contributed by atoms with Gasteiger partial charge in [0.1, 0.15) is 11.9 Å². The Kier molecular flexibility index (Phi) is 2.91. The summed E-state index contributed by atoms with van der Waals surface area (Å²) in [6.07, 6.45) is -0.236. The quantitative estimate of drug-likeness (QED) is 0.652. The summed E-state index contributed by atoms with van der Waals surface area (Å²) in [6, 6.07) is 7.57. The Bertz CT molecular complexity index is 429. The van der Waals surface area contributed by atoms with Gasteiger partial charge in [0.15, 0.2) is 11.1 Å². The lowest BCUT2D eigenvalue weighted by Crippen LogP contribution is -2.49. The smallest absolute Gasteiger partial charge is 0.197 e. The Balaban J connectivity index is 2.23. The maximum Gasteiger partial charge on any atom is 0.197 e. The summed E-state index contributed by atoms with van der Waals surface area (Å²) < 4.78 is 5.08. The second-order valence-electron chi connectivity index (χ2n) is 3.29. The van der Waals surface area contributed by atoms with Crippen LogP contribution in [0.5, 0.6) is 5.75 Å². The molecule has 1 aromatic carbocycles. The van der Waals surface area contributed by atoms with Crippen LogP contribution < -0.4 is 21.1 Å². The van der Waals surface area contributed by atoms with Crippen molar-refractivity contribution in [3.05, 3.63) is 29.8 Å². The SMILES string of the molecule is COc1ccc(C2N=C(N)NC(=S)N2)cc1. The van der Waals surface area contributed by atoms with E-state index < -0.39 is 0 Å². The molecular formula is C10H12N4OS. The fourth-order valence-electron chi connectivity index (χ4n) is 1.42. The van der Waals surface area contributed by atoms with Crippen LogP contribution in [0.3, 0.4) is 0 Å². The number of ether oxygens (including phenoxy) is 1. The largest absolute Gasteiger partial charge is 0.497 e. The average molecular weight is 236 g/mol. The molecule has 1 atom stereocenters. The topological polar surface area (TPSA) is 71.7 Å². The van der Waals surface area contributed by atoms with E-state index in [9.17, 15) is 0 Å². The number of thiocarbonyl (C=S) groups is 1. The van der Waals surface area contributed by atoms with Crippen molar-refractivity contribution in [1.29, 1.82) is 0 Å². The Hall–Kier alpha value is -1.82. The van der Waals surface area contributed by atoms with E-state index >= 15 is 0 Å². The molecule has 84 valence electrons. The van der Waals surface area contributed by atoms with Gasteiger partial charge in [0, 0.05) is 0 Å². The number of aliphatic imine (C=N–C) groups is 1. The van der Waals surface area contributed by atoms with Crippen LogP contribution >= 0.6 is 12.2 Å². The molecular weight excluding hydrogens is 224 g/mol. The summed E-state index contributed by atoms with van der Waals surface area (Å²) in [4.78, 5) is 4.20. The predicted molar refractivity (Wildman–Crippen MR) is 66.2 cm³/mol. The minimum Gasteiger partial charge on any atom is -0.497 e. The Labute approximate surface area is 98.7 Å². The van der Waals surface area contributed by atoms with Crippen LogP contribution in [0.2, 0.25) is 0 Å².